The Kier molecular flexibility index (Phi) is 12.3. The van der Waals surface area contributed by atoms with E-state index in [0.717, 1.165) is 93.7 Å². The minimum absolute atomic E-state index is 0.126. The van der Waals surface area contributed by atoms with Gasteiger partial charge in [0.1, 0.15) is 0 Å². The molecule has 5 heteroatoms. The molecule has 0 bridgehead atoms. The molecule has 0 amide bonds. The van der Waals surface area contributed by atoms with Crippen molar-refractivity contribution in [3.8, 4) is 0 Å². The van der Waals surface area contributed by atoms with Crippen LogP contribution >= 0.6 is 0 Å². The van der Waals surface area contributed by atoms with Gasteiger partial charge in [0.25, 0.3) is 0 Å². The first-order chi connectivity index (χ1) is 19.2. The Balaban J connectivity index is 1.21. The number of fused-ring (bicyclic) bond motifs is 5. The zero-order valence-corrected chi connectivity index (χ0v) is 27.2. The molecule has 234 valence electrons. The Morgan fingerprint density at radius 2 is 1.48 bits per heavy atom. The molecule has 10 atom stereocenters. The van der Waals surface area contributed by atoms with Gasteiger partial charge in [0.2, 0.25) is 0 Å². The highest BCUT2D eigenvalue weighted by Gasteiger charge is 2.60. The van der Waals surface area contributed by atoms with Crippen LogP contribution in [0.3, 0.4) is 0 Å². The molecular formula is C35H68N4O. The lowest BCUT2D eigenvalue weighted by Crippen LogP contribution is -2.55. The van der Waals surface area contributed by atoms with E-state index in [4.69, 9.17) is 5.73 Å². The van der Waals surface area contributed by atoms with Crippen LogP contribution in [0.4, 0.5) is 0 Å². The van der Waals surface area contributed by atoms with Crippen molar-refractivity contribution in [3.63, 3.8) is 0 Å². The van der Waals surface area contributed by atoms with E-state index in [1.807, 2.05) is 0 Å². The minimum atomic E-state index is -0.126. The molecule has 5 nitrogen and oxygen atoms in total. The second-order valence-electron chi connectivity index (χ2n) is 15.7. The van der Waals surface area contributed by atoms with Crippen molar-refractivity contribution in [2.45, 2.75) is 130 Å². The molecule has 40 heavy (non-hydrogen) atoms. The third-order valence-electron chi connectivity index (χ3n) is 13.1. The van der Waals surface area contributed by atoms with E-state index in [9.17, 15) is 5.11 Å². The molecule has 6 N–H and O–H groups in total. The minimum Gasteiger partial charge on any atom is -0.393 e. The van der Waals surface area contributed by atoms with Crippen LogP contribution in [0, 0.1) is 52.3 Å². The molecule has 0 aliphatic heterocycles. The van der Waals surface area contributed by atoms with Gasteiger partial charge in [0.05, 0.1) is 6.10 Å². The van der Waals surface area contributed by atoms with Gasteiger partial charge < -0.3 is 26.8 Å². The lowest BCUT2D eigenvalue weighted by Gasteiger charge is -2.61. The van der Waals surface area contributed by atoms with Crippen LogP contribution in [0.2, 0.25) is 0 Å². The molecule has 0 heterocycles. The van der Waals surface area contributed by atoms with Crippen LogP contribution < -0.4 is 21.7 Å². The number of nitrogens with one attached hydrogen (secondary N) is 3. The predicted molar refractivity (Wildman–Crippen MR) is 170 cm³/mol. The number of nitrogens with two attached hydrogens (primary N) is 1. The molecule has 0 aromatic heterocycles. The maximum atomic E-state index is 10.4. The number of hydrogen-bond acceptors (Lipinski definition) is 5. The van der Waals surface area contributed by atoms with Crippen molar-refractivity contribution >= 4 is 0 Å². The molecule has 0 radical (unpaired) electrons. The van der Waals surface area contributed by atoms with Crippen LogP contribution in [-0.2, 0) is 0 Å². The highest BCUT2D eigenvalue weighted by atomic mass is 16.3. The predicted octanol–water partition coefficient (Wildman–Crippen LogP) is 5.95. The number of aliphatic hydroxyl groups excluding tert-OH is 1. The zero-order valence-electron chi connectivity index (χ0n) is 27.2. The van der Waals surface area contributed by atoms with E-state index in [1.165, 1.54) is 70.6 Å². The third-order valence-corrected chi connectivity index (χ3v) is 13.1. The van der Waals surface area contributed by atoms with Crippen LogP contribution in [-0.4, -0.2) is 56.5 Å². The van der Waals surface area contributed by atoms with Crippen molar-refractivity contribution in [2.75, 3.05) is 39.3 Å². The monoisotopic (exact) mass is 561 g/mol. The fourth-order valence-corrected chi connectivity index (χ4v) is 10.6. The molecule has 4 fully saturated rings. The first-order valence-electron chi connectivity index (χ1n) is 17.7. The highest BCUT2D eigenvalue weighted by Crippen LogP contribution is 2.68. The van der Waals surface area contributed by atoms with E-state index in [-0.39, 0.29) is 6.10 Å². The van der Waals surface area contributed by atoms with Gasteiger partial charge in [0, 0.05) is 19.1 Å². The van der Waals surface area contributed by atoms with Crippen molar-refractivity contribution in [1.29, 1.82) is 0 Å². The van der Waals surface area contributed by atoms with E-state index in [0.29, 0.717) is 16.7 Å². The molecule has 4 unspecified atom stereocenters. The van der Waals surface area contributed by atoms with Crippen LogP contribution in [0.1, 0.15) is 118 Å². The summed E-state index contributed by atoms with van der Waals surface area (Å²) in [7, 11) is 0. The summed E-state index contributed by atoms with van der Waals surface area (Å²) in [4.78, 5) is 0. The number of rotatable bonds is 16. The van der Waals surface area contributed by atoms with Crippen molar-refractivity contribution in [2.24, 2.45) is 58.0 Å². The molecule has 4 aliphatic carbocycles. The Morgan fingerprint density at radius 1 is 0.775 bits per heavy atom. The van der Waals surface area contributed by atoms with Gasteiger partial charge >= 0.3 is 0 Å². The van der Waals surface area contributed by atoms with Crippen molar-refractivity contribution < 1.29 is 5.11 Å². The van der Waals surface area contributed by atoms with E-state index >= 15 is 0 Å². The Morgan fingerprint density at radius 3 is 2.20 bits per heavy atom. The third kappa shape index (κ3) is 7.47. The standard InChI is InChI=1S/C35H68N4O/c1-25(2)33(40)13-8-26(3)30-11-12-31-29-10-9-27-24-28(39-21-7-20-38-23-22-37-19-6-18-36)14-16-34(27,4)32(29)15-17-35(30,31)5/h25-33,37-40H,6-24,36H2,1-5H3/t26-,27-,28+,29?,30-,31?,32?,33?,34+,35-/m1/s1. The molecular weight excluding hydrogens is 492 g/mol. The normalized spacial score (nSPS) is 39.0. The molecule has 4 saturated carbocycles. The molecule has 4 aliphatic rings. The largest absolute Gasteiger partial charge is 0.393 e. The van der Waals surface area contributed by atoms with Gasteiger partial charge in [0.15, 0.2) is 0 Å². The lowest BCUT2D eigenvalue weighted by molar-refractivity contribution is -0.118. The molecule has 4 rings (SSSR count). The first-order valence-corrected chi connectivity index (χ1v) is 17.7. The summed E-state index contributed by atoms with van der Waals surface area (Å²) in [6, 6.07) is 0.735. The van der Waals surface area contributed by atoms with E-state index in [1.54, 1.807) is 0 Å². The van der Waals surface area contributed by atoms with Gasteiger partial charge in [-0.1, -0.05) is 34.6 Å². The number of aliphatic hydroxyl groups is 1. The first kappa shape index (κ1) is 32.7. The van der Waals surface area contributed by atoms with Crippen LogP contribution in [0.25, 0.3) is 0 Å². The summed E-state index contributed by atoms with van der Waals surface area (Å²) in [5.74, 6) is 5.81. The van der Waals surface area contributed by atoms with Crippen molar-refractivity contribution in [1.82, 2.24) is 16.0 Å². The van der Waals surface area contributed by atoms with Gasteiger partial charge in [-0.2, -0.15) is 0 Å². The van der Waals surface area contributed by atoms with Gasteiger partial charge in [-0.15, -0.1) is 0 Å². The molecule has 0 aromatic rings. The SMILES string of the molecule is CC(C)C(O)CC[C@@H](C)[C@H]1CCC2C3CC[C@@H]4C[C@@H](NCCCNCCNCCCN)CC[C@]4(C)C3CC[C@@]21C. The van der Waals surface area contributed by atoms with E-state index in [2.05, 4.69) is 50.6 Å². The average Bonchev–Trinajstić information content (AvgIpc) is 3.29. The summed E-state index contributed by atoms with van der Waals surface area (Å²) in [6.45, 7) is 18.4. The Labute approximate surface area is 248 Å². The fraction of sp³-hybridized carbons (Fsp3) is 1.00. The lowest BCUT2D eigenvalue weighted by atomic mass is 9.44. The van der Waals surface area contributed by atoms with Crippen LogP contribution in [0.5, 0.6) is 0 Å². The Hall–Kier alpha value is -0.200. The second-order valence-corrected chi connectivity index (χ2v) is 15.7. The summed E-state index contributed by atoms with van der Waals surface area (Å²) < 4.78 is 0. The van der Waals surface area contributed by atoms with Crippen LogP contribution in [0.15, 0.2) is 0 Å². The second kappa shape index (κ2) is 15.0. The topological polar surface area (TPSA) is 82.3 Å². The number of hydrogen-bond donors (Lipinski definition) is 5. The smallest absolute Gasteiger partial charge is 0.0563 e. The van der Waals surface area contributed by atoms with E-state index < -0.39 is 0 Å². The average molecular weight is 561 g/mol. The fourth-order valence-electron chi connectivity index (χ4n) is 10.6. The maximum absolute atomic E-state index is 10.4. The molecule has 0 spiro atoms. The molecule has 0 aromatic carbocycles. The summed E-state index contributed by atoms with van der Waals surface area (Å²) in [5.41, 5.74) is 6.67. The molecule has 0 saturated heterocycles. The summed E-state index contributed by atoms with van der Waals surface area (Å²) in [5, 5.41) is 21.4. The Bertz CT molecular complexity index is 747. The highest BCUT2D eigenvalue weighted by molar-refractivity contribution is 5.10. The maximum Gasteiger partial charge on any atom is 0.0563 e. The zero-order chi connectivity index (χ0) is 28.8. The van der Waals surface area contributed by atoms with Gasteiger partial charge in [-0.25, -0.2) is 0 Å². The quantitative estimate of drug-likeness (QED) is 0.151. The van der Waals surface area contributed by atoms with Gasteiger partial charge in [-0.3, -0.25) is 0 Å². The summed E-state index contributed by atoms with van der Waals surface area (Å²) >= 11 is 0. The van der Waals surface area contributed by atoms with Crippen molar-refractivity contribution in [3.05, 3.63) is 0 Å². The van der Waals surface area contributed by atoms with Gasteiger partial charge in [-0.05, 0) is 162 Å². The summed E-state index contributed by atoms with van der Waals surface area (Å²) in [6.07, 6.45) is 17.4.